The van der Waals surface area contributed by atoms with E-state index in [1.54, 1.807) is 19.1 Å². The van der Waals surface area contributed by atoms with E-state index in [4.69, 9.17) is 49.6 Å². The Bertz CT molecular complexity index is 1010. The molecule has 36 heavy (non-hydrogen) atoms. The van der Waals surface area contributed by atoms with Crippen molar-refractivity contribution in [3.63, 3.8) is 0 Å². The monoisotopic (exact) mass is 670 g/mol. The first kappa shape index (κ1) is 32.8. The number of ether oxygens (including phenoxy) is 1. The number of hydrogen-bond donors (Lipinski definition) is 5. The summed E-state index contributed by atoms with van der Waals surface area (Å²) in [6.07, 6.45) is -1.56. The lowest BCUT2D eigenvalue weighted by molar-refractivity contribution is -0.153. The molecule has 0 fully saturated rings. The number of esters is 1. The van der Waals surface area contributed by atoms with Gasteiger partial charge in [0, 0.05) is 31.1 Å². The maximum atomic E-state index is 11.3. The molecule has 0 bridgehead atoms. The molecule has 0 saturated heterocycles. The summed E-state index contributed by atoms with van der Waals surface area (Å²) < 4.78 is 6.47. The Morgan fingerprint density at radius 2 is 1.31 bits per heavy atom. The largest absolute Gasteiger partial charge is 0.479 e. The van der Waals surface area contributed by atoms with Crippen molar-refractivity contribution < 1.29 is 29.6 Å². The van der Waals surface area contributed by atoms with E-state index >= 15 is 0 Å². The van der Waals surface area contributed by atoms with E-state index in [1.807, 2.05) is 24.3 Å². The zero-order chi connectivity index (χ0) is 27.4. The van der Waals surface area contributed by atoms with Gasteiger partial charge in [-0.25, -0.2) is 9.59 Å². The molecular formula is C24H30Br2Cl2N2O6. The normalized spacial score (nSPS) is 14.1. The first-order chi connectivity index (χ1) is 16.8. The number of rotatable bonds is 11. The fraction of sp³-hybridized carbons (Fsp3) is 0.417. The third-order valence-corrected chi connectivity index (χ3v) is 6.58. The third kappa shape index (κ3) is 12.3. The van der Waals surface area contributed by atoms with Crippen LogP contribution >= 0.6 is 55.1 Å². The summed E-state index contributed by atoms with van der Waals surface area (Å²) in [5.41, 5.74) is 13.4. The molecule has 0 aliphatic carbocycles. The molecule has 2 rings (SSSR count). The Morgan fingerprint density at radius 1 is 0.889 bits per heavy atom. The van der Waals surface area contributed by atoms with Crippen LogP contribution in [-0.2, 0) is 27.2 Å². The number of hydrogen-bond acceptors (Lipinski definition) is 7. The molecule has 0 aromatic heterocycles. The van der Waals surface area contributed by atoms with Gasteiger partial charge in [0.2, 0.25) is 0 Å². The van der Waals surface area contributed by atoms with Gasteiger partial charge in [-0.2, -0.15) is 0 Å². The second kappa shape index (κ2) is 16.6. The van der Waals surface area contributed by atoms with Gasteiger partial charge in [0.05, 0.1) is 6.61 Å². The molecule has 0 radical (unpaired) electrons. The summed E-state index contributed by atoms with van der Waals surface area (Å²) >= 11 is 18.7. The average Bonchev–Trinajstić information content (AvgIpc) is 2.78. The van der Waals surface area contributed by atoms with E-state index < -0.39 is 30.2 Å². The highest BCUT2D eigenvalue weighted by atomic mass is 79.9. The number of benzene rings is 2. The fourth-order valence-electron chi connectivity index (χ4n) is 3.12. The van der Waals surface area contributed by atoms with Crippen molar-refractivity contribution in [3.05, 3.63) is 66.5 Å². The number of carboxylic acid groups (broad SMARTS) is 1. The molecule has 0 aliphatic heterocycles. The number of aliphatic hydroxyl groups excluding tert-OH is 2. The topological polar surface area (TPSA) is 156 Å². The van der Waals surface area contributed by atoms with Gasteiger partial charge in [0.15, 0.2) is 12.2 Å². The average molecular weight is 673 g/mol. The highest BCUT2D eigenvalue weighted by molar-refractivity contribution is 9.10. The maximum absolute atomic E-state index is 11.3. The summed E-state index contributed by atoms with van der Waals surface area (Å²) in [5, 5.41) is 28.5. The van der Waals surface area contributed by atoms with Gasteiger partial charge in [-0.1, -0.05) is 67.2 Å². The molecule has 7 N–H and O–H groups in total. The quantitative estimate of drug-likeness (QED) is 0.224. The Balaban J connectivity index is 0.000000362. The number of carbonyl (C=O) groups excluding carboxylic acids is 1. The molecule has 0 spiro atoms. The van der Waals surface area contributed by atoms with Crippen LogP contribution in [0.3, 0.4) is 0 Å². The predicted octanol–water partition coefficient (Wildman–Crippen LogP) is 4.09. The molecular weight excluding hydrogens is 643 g/mol. The van der Waals surface area contributed by atoms with Crippen LogP contribution in [0.4, 0.5) is 0 Å². The van der Waals surface area contributed by atoms with Crippen LogP contribution in [0.2, 0.25) is 10.0 Å². The van der Waals surface area contributed by atoms with Crippen LogP contribution in [0.25, 0.3) is 0 Å². The van der Waals surface area contributed by atoms with Crippen molar-refractivity contribution in [2.24, 2.45) is 11.5 Å². The number of carboxylic acids is 1. The van der Waals surface area contributed by atoms with Crippen LogP contribution in [0.15, 0.2) is 45.3 Å². The number of nitrogens with two attached hydrogens (primary N) is 2. The summed E-state index contributed by atoms with van der Waals surface area (Å²) in [6, 6.07) is 10.1. The molecule has 0 amide bonds. The van der Waals surface area contributed by atoms with Gasteiger partial charge < -0.3 is 31.5 Å². The van der Waals surface area contributed by atoms with Crippen LogP contribution in [-0.4, -0.2) is 58.2 Å². The number of aliphatic carboxylic acids is 1. The summed E-state index contributed by atoms with van der Waals surface area (Å²) in [7, 11) is 0. The summed E-state index contributed by atoms with van der Waals surface area (Å²) in [6.45, 7) is 1.93. The fourth-order valence-corrected chi connectivity index (χ4v) is 4.62. The SMILES string of the molecule is CCOC(=O)[C@H](O)C[C@H](N)Cc1ccc(Br)cc1Cl.N[C@H](Cc1ccc(Br)cc1Cl)C[C@@H](O)C(=O)O. The highest BCUT2D eigenvalue weighted by Crippen LogP contribution is 2.24. The smallest absolute Gasteiger partial charge is 0.335 e. The third-order valence-electron chi connectivity index (χ3n) is 4.89. The lowest BCUT2D eigenvalue weighted by atomic mass is 10.0. The highest BCUT2D eigenvalue weighted by Gasteiger charge is 2.20. The molecule has 4 atom stereocenters. The summed E-state index contributed by atoms with van der Waals surface area (Å²) in [5.74, 6) is -1.90. The van der Waals surface area contributed by atoms with Crippen molar-refractivity contribution in [2.45, 2.75) is 56.9 Å². The Morgan fingerprint density at radius 3 is 1.67 bits per heavy atom. The maximum Gasteiger partial charge on any atom is 0.335 e. The standard InChI is InChI=1S/C13H17BrClNO3.C11H13BrClNO3/c1-2-19-13(18)12(17)7-10(16)5-8-3-4-9(14)6-11(8)15;12-7-2-1-6(9(13)4-7)3-8(14)5-10(15)11(16)17/h3-4,6,10,12,17H,2,5,7,16H2,1H3;1-2,4,8,10,15H,3,5,14H2,(H,16,17)/t10-,12-;8-,10-/m11/s1. The van der Waals surface area contributed by atoms with Gasteiger partial charge in [-0.15, -0.1) is 0 Å². The van der Waals surface area contributed by atoms with Crippen LogP contribution in [0, 0.1) is 0 Å². The molecule has 0 aliphatic rings. The van der Waals surface area contributed by atoms with Gasteiger partial charge in [0.25, 0.3) is 0 Å². The molecule has 0 heterocycles. The molecule has 0 saturated carbocycles. The number of aliphatic hydroxyl groups is 2. The van der Waals surface area contributed by atoms with Crippen molar-refractivity contribution >= 4 is 67.0 Å². The zero-order valence-electron chi connectivity index (χ0n) is 19.5. The molecule has 2 aromatic rings. The molecule has 12 heteroatoms. The first-order valence-corrected chi connectivity index (χ1v) is 13.3. The number of halogens is 4. The van der Waals surface area contributed by atoms with Crippen molar-refractivity contribution in [2.75, 3.05) is 6.61 Å². The second-order valence-electron chi connectivity index (χ2n) is 7.99. The number of carbonyl (C=O) groups is 2. The molecule has 2 aromatic carbocycles. The zero-order valence-corrected chi connectivity index (χ0v) is 24.2. The van der Waals surface area contributed by atoms with E-state index in [1.165, 1.54) is 0 Å². The Hall–Kier alpha value is -1.24. The van der Waals surface area contributed by atoms with Crippen LogP contribution < -0.4 is 11.5 Å². The van der Waals surface area contributed by atoms with Crippen LogP contribution in [0.1, 0.15) is 30.9 Å². The Kier molecular flexibility index (Phi) is 15.1. The van der Waals surface area contributed by atoms with Gasteiger partial charge in [-0.3, -0.25) is 0 Å². The van der Waals surface area contributed by atoms with Crippen molar-refractivity contribution in [1.82, 2.24) is 0 Å². The lowest BCUT2D eigenvalue weighted by Gasteiger charge is -2.16. The van der Waals surface area contributed by atoms with E-state index in [2.05, 4.69) is 31.9 Å². The van der Waals surface area contributed by atoms with Gasteiger partial charge in [0.1, 0.15) is 0 Å². The van der Waals surface area contributed by atoms with Crippen molar-refractivity contribution in [3.8, 4) is 0 Å². The first-order valence-electron chi connectivity index (χ1n) is 11.0. The minimum atomic E-state index is -1.43. The lowest BCUT2D eigenvalue weighted by Crippen LogP contribution is -2.33. The molecule has 200 valence electrons. The van der Waals surface area contributed by atoms with E-state index in [9.17, 15) is 14.7 Å². The van der Waals surface area contributed by atoms with E-state index in [0.717, 1.165) is 20.1 Å². The predicted molar refractivity (Wildman–Crippen MR) is 147 cm³/mol. The minimum absolute atomic E-state index is 0.00171. The minimum Gasteiger partial charge on any atom is -0.479 e. The van der Waals surface area contributed by atoms with Gasteiger partial charge in [-0.05, 0) is 68.0 Å². The molecule has 8 nitrogen and oxygen atoms in total. The van der Waals surface area contributed by atoms with Gasteiger partial charge >= 0.3 is 11.9 Å². The summed E-state index contributed by atoms with van der Waals surface area (Å²) in [4.78, 5) is 21.7. The van der Waals surface area contributed by atoms with E-state index in [0.29, 0.717) is 22.9 Å². The molecule has 0 unspecified atom stereocenters. The second-order valence-corrected chi connectivity index (χ2v) is 10.6. The van der Waals surface area contributed by atoms with Crippen molar-refractivity contribution in [1.29, 1.82) is 0 Å². The van der Waals surface area contributed by atoms with Crippen LogP contribution in [0.5, 0.6) is 0 Å². The van der Waals surface area contributed by atoms with E-state index in [-0.39, 0.29) is 25.5 Å². The Labute approximate surface area is 237 Å².